The summed E-state index contributed by atoms with van der Waals surface area (Å²) in [7, 11) is 0. The Labute approximate surface area is 149 Å². The van der Waals surface area contributed by atoms with Gasteiger partial charge in [-0.05, 0) is 52.9 Å². The van der Waals surface area contributed by atoms with Crippen molar-refractivity contribution < 1.29 is 9.53 Å². The van der Waals surface area contributed by atoms with Gasteiger partial charge < -0.3 is 15.4 Å². The zero-order chi connectivity index (χ0) is 16.9. The molecule has 1 aliphatic heterocycles. The van der Waals surface area contributed by atoms with Gasteiger partial charge in [0.15, 0.2) is 0 Å². The molecule has 0 saturated carbocycles. The molecule has 2 N–H and O–H groups in total. The number of amides is 1. The number of pyridine rings is 2. The van der Waals surface area contributed by atoms with Gasteiger partial charge in [-0.3, -0.25) is 9.78 Å². The summed E-state index contributed by atoms with van der Waals surface area (Å²) < 4.78 is 6.79. The van der Waals surface area contributed by atoms with E-state index in [4.69, 9.17) is 10.5 Å². The van der Waals surface area contributed by atoms with Crippen LogP contribution < -0.4 is 15.4 Å². The van der Waals surface area contributed by atoms with Gasteiger partial charge in [0.2, 0.25) is 0 Å². The van der Waals surface area contributed by atoms with E-state index >= 15 is 0 Å². The first-order chi connectivity index (χ1) is 11.6. The van der Waals surface area contributed by atoms with Crippen LogP contribution in [-0.4, -0.2) is 35.6 Å². The van der Waals surface area contributed by atoms with E-state index in [2.05, 4.69) is 30.8 Å². The highest BCUT2D eigenvalue weighted by molar-refractivity contribution is 9.10. The van der Waals surface area contributed by atoms with Gasteiger partial charge in [0, 0.05) is 36.0 Å². The number of ether oxygens (including phenoxy) is 1. The Kier molecular flexibility index (Phi) is 5.30. The van der Waals surface area contributed by atoms with Crippen LogP contribution in [0.15, 0.2) is 41.1 Å². The fourth-order valence-corrected chi connectivity index (χ4v) is 2.97. The molecule has 1 fully saturated rings. The minimum Gasteiger partial charge on any atom is -0.493 e. The van der Waals surface area contributed by atoms with Crippen LogP contribution in [0, 0.1) is 5.92 Å². The fourth-order valence-electron chi connectivity index (χ4n) is 2.73. The zero-order valence-electron chi connectivity index (χ0n) is 13.2. The van der Waals surface area contributed by atoms with Gasteiger partial charge in [-0.15, -0.1) is 0 Å². The monoisotopic (exact) mass is 390 g/mol. The molecule has 1 saturated heterocycles. The van der Waals surface area contributed by atoms with Crippen molar-refractivity contribution in [3.8, 4) is 5.75 Å². The summed E-state index contributed by atoms with van der Waals surface area (Å²) in [6.07, 6.45) is 5.46. The third-order valence-electron chi connectivity index (χ3n) is 4.12. The van der Waals surface area contributed by atoms with E-state index in [9.17, 15) is 4.79 Å². The second kappa shape index (κ2) is 7.61. The molecule has 0 spiro atoms. The molecular formula is C17H19BrN4O2. The van der Waals surface area contributed by atoms with E-state index in [0.29, 0.717) is 18.3 Å². The van der Waals surface area contributed by atoms with Gasteiger partial charge in [-0.25, -0.2) is 4.98 Å². The van der Waals surface area contributed by atoms with E-state index < -0.39 is 5.91 Å². The van der Waals surface area contributed by atoms with Crippen LogP contribution in [0.2, 0.25) is 0 Å². The molecule has 3 rings (SSSR count). The van der Waals surface area contributed by atoms with Gasteiger partial charge in [-0.2, -0.15) is 0 Å². The second-order valence-corrected chi connectivity index (χ2v) is 6.73. The van der Waals surface area contributed by atoms with Gasteiger partial charge in [0.05, 0.1) is 6.61 Å². The van der Waals surface area contributed by atoms with Gasteiger partial charge in [-0.1, -0.05) is 0 Å². The number of halogens is 1. The largest absolute Gasteiger partial charge is 0.493 e. The quantitative estimate of drug-likeness (QED) is 0.848. The Morgan fingerprint density at radius 1 is 1.29 bits per heavy atom. The predicted octanol–water partition coefficient (Wildman–Crippen LogP) is 2.63. The van der Waals surface area contributed by atoms with Crippen molar-refractivity contribution >= 4 is 27.7 Å². The molecule has 0 atom stereocenters. The molecule has 0 bridgehead atoms. The minimum atomic E-state index is -0.546. The molecule has 6 nitrogen and oxygen atoms in total. The molecule has 0 aromatic carbocycles. The Bertz CT molecular complexity index is 700. The number of nitrogens with two attached hydrogens (primary N) is 1. The topological polar surface area (TPSA) is 81.3 Å². The van der Waals surface area contributed by atoms with Crippen LogP contribution in [0.4, 0.5) is 5.82 Å². The summed E-state index contributed by atoms with van der Waals surface area (Å²) in [5.41, 5.74) is 5.46. The summed E-state index contributed by atoms with van der Waals surface area (Å²) in [6.45, 7) is 2.56. The lowest BCUT2D eigenvalue weighted by Gasteiger charge is -2.32. The second-order valence-electron chi connectivity index (χ2n) is 5.82. The van der Waals surface area contributed by atoms with Gasteiger partial charge in [0.25, 0.3) is 5.91 Å². The van der Waals surface area contributed by atoms with Crippen molar-refractivity contribution in [2.45, 2.75) is 12.8 Å². The molecular weight excluding hydrogens is 372 g/mol. The molecule has 24 heavy (non-hydrogen) atoms. The van der Waals surface area contributed by atoms with Gasteiger partial charge in [0.1, 0.15) is 17.3 Å². The molecule has 0 unspecified atom stereocenters. The Balaban J connectivity index is 1.50. The number of piperidine rings is 1. The van der Waals surface area contributed by atoms with Crippen LogP contribution in [0.3, 0.4) is 0 Å². The number of hydrogen-bond donors (Lipinski definition) is 1. The maximum absolute atomic E-state index is 11.1. The van der Waals surface area contributed by atoms with Crippen LogP contribution in [-0.2, 0) is 0 Å². The fraction of sp³-hybridized carbons (Fsp3) is 0.353. The number of primary amides is 1. The average molecular weight is 391 g/mol. The number of anilines is 1. The number of carbonyl (C=O) groups excluding carboxylic acids is 1. The van der Waals surface area contributed by atoms with E-state index in [1.54, 1.807) is 12.1 Å². The number of carbonyl (C=O) groups is 1. The summed E-state index contributed by atoms with van der Waals surface area (Å²) in [5.74, 6) is 1.59. The maximum atomic E-state index is 11.1. The van der Waals surface area contributed by atoms with E-state index in [-0.39, 0.29) is 5.69 Å². The molecule has 3 heterocycles. The Morgan fingerprint density at radius 2 is 2.08 bits per heavy atom. The van der Waals surface area contributed by atoms with Gasteiger partial charge >= 0.3 is 0 Å². The molecule has 2 aromatic rings. The molecule has 7 heteroatoms. The van der Waals surface area contributed by atoms with E-state index in [0.717, 1.165) is 36.2 Å². The van der Waals surface area contributed by atoms with Crippen LogP contribution in [0.25, 0.3) is 0 Å². The molecule has 0 aliphatic carbocycles. The molecule has 1 aliphatic rings. The lowest BCUT2D eigenvalue weighted by Crippen LogP contribution is -2.36. The summed E-state index contributed by atoms with van der Waals surface area (Å²) in [5, 5.41) is 0. The number of hydrogen-bond acceptors (Lipinski definition) is 5. The normalized spacial score (nSPS) is 15.3. The predicted molar refractivity (Wildman–Crippen MR) is 95.1 cm³/mol. The summed E-state index contributed by atoms with van der Waals surface area (Å²) in [4.78, 5) is 21.8. The standard InChI is InChI=1S/C17H19BrN4O2/c18-13-1-2-16(21-10-13)22-7-4-12(5-8-22)11-24-14-3-6-20-15(9-14)17(19)23/h1-3,6,9-10,12H,4-5,7-8,11H2,(H2,19,23). The Morgan fingerprint density at radius 3 is 2.75 bits per heavy atom. The minimum absolute atomic E-state index is 0.226. The van der Waals surface area contributed by atoms with Crippen molar-refractivity contribution in [3.05, 3.63) is 46.8 Å². The average Bonchev–Trinajstić information content (AvgIpc) is 2.61. The number of nitrogens with zero attached hydrogens (tertiary/aromatic N) is 3. The van der Waals surface area contributed by atoms with E-state index in [1.165, 1.54) is 6.20 Å². The summed E-state index contributed by atoms with van der Waals surface area (Å²) >= 11 is 3.40. The van der Waals surface area contributed by atoms with E-state index in [1.807, 2.05) is 18.3 Å². The Hall–Kier alpha value is -2.15. The first-order valence-electron chi connectivity index (χ1n) is 7.87. The molecule has 2 aromatic heterocycles. The SMILES string of the molecule is NC(=O)c1cc(OCC2CCN(c3ccc(Br)cn3)CC2)ccn1. The number of rotatable bonds is 5. The highest BCUT2D eigenvalue weighted by Gasteiger charge is 2.20. The zero-order valence-corrected chi connectivity index (χ0v) is 14.8. The lowest BCUT2D eigenvalue weighted by atomic mass is 9.98. The van der Waals surface area contributed by atoms with Crippen molar-refractivity contribution in [3.63, 3.8) is 0 Å². The van der Waals surface area contributed by atoms with Crippen LogP contribution in [0.5, 0.6) is 5.75 Å². The molecule has 1 amide bonds. The van der Waals surface area contributed by atoms with Crippen molar-refractivity contribution in [1.82, 2.24) is 9.97 Å². The third-order valence-corrected chi connectivity index (χ3v) is 4.59. The summed E-state index contributed by atoms with van der Waals surface area (Å²) in [6, 6.07) is 7.37. The first-order valence-corrected chi connectivity index (χ1v) is 8.66. The molecule has 126 valence electrons. The van der Waals surface area contributed by atoms with Crippen LogP contribution in [0.1, 0.15) is 23.3 Å². The van der Waals surface area contributed by atoms with Crippen LogP contribution >= 0.6 is 15.9 Å². The number of aromatic nitrogens is 2. The first kappa shape index (κ1) is 16.7. The smallest absolute Gasteiger partial charge is 0.267 e. The molecule has 0 radical (unpaired) electrons. The van der Waals surface area contributed by atoms with Crippen molar-refractivity contribution in [1.29, 1.82) is 0 Å². The lowest BCUT2D eigenvalue weighted by molar-refractivity contribution is 0.0995. The van der Waals surface area contributed by atoms with Crippen molar-refractivity contribution in [2.75, 3.05) is 24.6 Å². The highest BCUT2D eigenvalue weighted by Crippen LogP contribution is 2.23. The highest BCUT2D eigenvalue weighted by atomic mass is 79.9. The maximum Gasteiger partial charge on any atom is 0.267 e. The third kappa shape index (κ3) is 4.23. The van der Waals surface area contributed by atoms with Crippen molar-refractivity contribution in [2.24, 2.45) is 11.7 Å².